The molecular formula is C13H19NaO3S2. The van der Waals surface area contributed by atoms with Crippen LogP contribution in [-0.2, 0) is 31.8 Å². The molecule has 1 aromatic rings. The second-order valence-electron chi connectivity index (χ2n) is 5.47. The number of aryl methyl sites for hydroxylation is 1. The number of hydrogen-bond acceptors (Lipinski definition) is 4. The van der Waals surface area contributed by atoms with Gasteiger partial charge in [0.2, 0.25) is 0 Å². The second kappa shape index (κ2) is 7.38. The third-order valence-electron chi connectivity index (χ3n) is 2.73. The molecule has 6 heteroatoms. The molecule has 19 heavy (non-hydrogen) atoms. The van der Waals surface area contributed by atoms with Crippen molar-refractivity contribution in [2.75, 3.05) is 5.75 Å². The number of benzene rings is 1. The number of rotatable bonds is 4. The van der Waals surface area contributed by atoms with E-state index in [-0.39, 0.29) is 46.5 Å². The maximum Gasteiger partial charge on any atom is 1.00 e. The zero-order valence-electron chi connectivity index (χ0n) is 11.9. The molecule has 1 rings (SSSR count). The first-order valence-electron chi connectivity index (χ1n) is 5.85. The first-order valence-corrected chi connectivity index (χ1v) is 8.43. The molecule has 0 radical (unpaired) electrons. The van der Waals surface area contributed by atoms with Crippen LogP contribution in [0.4, 0.5) is 0 Å². The number of aromatic hydroxyl groups is 1. The topological polar surface area (TPSA) is 60.4 Å². The Morgan fingerprint density at radius 2 is 1.95 bits per heavy atom. The average Bonchev–Trinajstić information content (AvgIpc) is 2.17. The molecule has 1 atom stereocenters. The Labute approximate surface area is 142 Å². The van der Waals surface area contributed by atoms with E-state index in [1.165, 1.54) is 0 Å². The smallest absolute Gasteiger partial charge is 0.769 e. The first-order chi connectivity index (χ1) is 8.09. The maximum absolute atomic E-state index is 10.9. The van der Waals surface area contributed by atoms with Gasteiger partial charge in [0.15, 0.2) is 0 Å². The maximum atomic E-state index is 10.9. The van der Waals surface area contributed by atoms with E-state index in [9.17, 15) is 13.9 Å². The summed E-state index contributed by atoms with van der Waals surface area (Å²) < 4.78 is 21.8. The quantitative estimate of drug-likeness (QED) is 0.762. The van der Waals surface area contributed by atoms with Gasteiger partial charge in [-0.05, 0) is 55.4 Å². The zero-order valence-corrected chi connectivity index (χ0v) is 15.6. The van der Waals surface area contributed by atoms with Gasteiger partial charge in [-0.25, -0.2) is 0 Å². The summed E-state index contributed by atoms with van der Waals surface area (Å²) in [6.45, 7) is 6.08. The van der Waals surface area contributed by atoms with Crippen LogP contribution >= 0.6 is 0 Å². The van der Waals surface area contributed by atoms with Gasteiger partial charge in [0.05, 0.1) is 0 Å². The largest absolute Gasteiger partial charge is 1.00 e. The summed E-state index contributed by atoms with van der Waals surface area (Å²) in [5.41, 5.74) is 1.77. The van der Waals surface area contributed by atoms with Gasteiger partial charge in [0, 0.05) is 5.75 Å². The fraction of sp³-hybridized carbons (Fsp3) is 0.538. The van der Waals surface area contributed by atoms with Crippen LogP contribution in [0.3, 0.4) is 0 Å². The van der Waals surface area contributed by atoms with E-state index in [0.717, 1.165) is 11.1 Å². The van der Waals surface area contributed by atoms with E-state index in [0.29, 0.717) is 12.8 Å². The summed E-state index contributed by atoms with van der Waals surface area (Å²) in [7, 11) is -3.31. The van der Waals surface area contributed by atoms with Gasteiger partial charge < -0.3 is 9.66 Å². The molecule has 1 aromatic carbocycles. The van der Waals surface area contributed by atoms with Crippen LogP contribution in [0, 0.1) is 0 Å². The van der Waals surface area contributed by atoms with E-state index in [4.69, 9.17) is 0 Å². The predicted molar refractivity (Wildman–Crippen MR) is 76.3 cm³/mol. The molecule has 0 aliphatic heterocycles. The Bertz CT molecular complexity index is 519. The van der Waals surface area contributed by atoms with Crippen LogP contribution in [0.1, 0.15) is 38.3 Å². The van der Waals surface area contributed by atoms with E-state index in [2.05, 4.69) is 11.2 Å². The van der Waals surface area contributed by atoms with Crippen LogP contribution in [0.15, 0.2) is 18.2 Å². The molecule has 1 N–H and O–H groups in total. The van der Waals surface area contributed by atoms with Crippen LogP contribution in [0.5, 0.6) is 5.75 Å². The Balaban J connectivity index is 0.00000324. The molecule has 0 heterocycles. The van der Waals surface area contributed by atoms with Crippen molar-refractivity contribution in [3.8, 4) is 5.75 Å². The molecule has 1 unspecified atom stereocenters. The van der Waals surface area contributed by atoms with E-state index in [1.54, 1.807) is 6.07 Å². The molecule has 0 saturated heterocycles. The van der Waals surface area contributed by atoms with Crippen molar-refractivity contribution in [2.45, 2.75) is 39.0 Å². The summed E-state index contributed by atoms with van der Waals surface area (Å²) in [5.74, 6) is 0.302. The van der Waals surface area contributed by atoms with Crippen LogP contribution in [0.25, 0.3) is 0 Å². The predicted octanol–water partition coefficient (Wildman–Crippen LogP) is -0.497. The molecule has 0 saturated carbocycles. The number of phenolic OH excluding ortho intramolecular Hbond substituents is 1. The zero-order chi connectivity index (χ0) is 14.0. The van der Waals surface area contributed by atoms with Crippen LogP contribution in [0.2, 0.25) is 0 Å². The van der Waals surface area contributed by atoms with Crippen molar-refractivity contribution in [1.29, 1.82) is 0 Å². The van der Waals surface area contributed by atoms with Gasteiger partial charge in [-0.2, -0.15) is 0 Å². The summed E-state index contributed by atoms with van der Waals surface area (Å²) in [6.07, 6.45) is 1.17. The normalized spacial score (nSPS) is 14.5. The van der Waals surface area contributed by atoms with Crippen molar-refractivity contribution in [3.05, 3.63) is 29.3 Å². The molecule has 0 aliphatic rings. The standard InChI is InChI=1S/C13H20O3S2.Na/c1-13(2,3)11-9-10(6-7-12(11)14)5-4-8-18(15,16)17;/h6-7,9,14H,4-5,8H2,1-3H3,(H,15,16,17);/q;+1/p-1. The third kappa shape index (κ3) is 7.06. The molecule has 0 bridgehead atoms. The molecule has 3 nitrogen and oxygen atoms in total. The van der Waals surface area contributed by atoms with Crippen molar-refractivity contribution < 1.29 is 43.4 Å². The third-order valence-corrected chi connectivity index (χ3v) is 4.02. The molecule has 0 fully saturated rings. The van der Waals surface area contributed by atoms with Gasteiger partial charge in [-0.15, -0.1) is 0 Å². The van der Waals surface area contributed by atoms with Crippen molar-refractivity contribution >= 4 is 20.0 Å². The molecular weight excluding hydrogens is 291 g/mol. The Morgan fingerprint density at radius 3 is 2.42 bits per heavy atom. The molecule has 0 spiro atoms. The van der Waals surface area contributed by atoms with Gasteiger partial charge in [0.25, 0.3) is 0 Å². The minimum atomic E-state index is -3.31. The first kappa shape index (κ1) is 19.4. The number of hydrogen-bond donors (Lipinski definition) is 1. The molecule has 0 aromatic heterocycles. The molecule has 0 amide bonds. The average molecular weight is 310 g/mol. The van der Waals surface area contributed by atoms with Crippen molar-refractivity contribution in [1.82, 2.24) is 0 Å². The summed E-state index contributed by atoms with van der Waals surface area (Å²) in [6, 6.07) is 5.42. The van der Waals surface area contributed by atoms with Crippen LogP contribution in [-0.4, -0.2) is 19.6 Å². The SMILES string of the molecule is CC(C)(C)c1cc(CCCS(=O)([O-])=S)ccc1O.[Na+]. The Morgan fingerprint density at radius 1 is 1.37 bits per heavy atom. The Hall–Kier alpha value is 0.350. The number of phenols is 1. The van der Waals surface area contributed by atoms with E-state index >= 15 is 0 Å². The minimum absolute atomic E-state index is 0. The molecule has 102 valence electrons. The molecule has 0 aliphatic carbocycles. The summed E-state index contributed by atoms with van der Waals surface area (Å²) >= 11 is 4.34. The second-order valence-corrected chi connectivity index (χ2v) is 8.51. The monoisotopic (exact) mass is 310 g/mol. The van der Waals surface area contributed by atoms with Gasteiger partial charge >= 0.3 is 29.6 Å². The van der Waals surface area contributed by atoms with Gasteiger partial charge in [-0.1, -0.05) is 32.9 Å². The van der Waals surface area contributed by atoms with Gasteiger partial charge in [-0.3, -0.25) is 4.21 Å². The summed E-state index contributed by atoms with van der Waals surface area (Å²) in [4.78, 5) is 0. The van der Waals surface area contributed by atoms with Crippen LogP contribution < -0.4 is 29.6 Å². The fourth-order valence-electron chi connectivity index (χ4n) is 1.79. The Kier molecular flexibility index (Phi) is 7.52. The van der Waals surface area contributed by atoms with E-state index < -0.39 is 8.77 Å². The fourth-order valence-corrected chi connectivity index (χ4v) is 2.64. The minimum Gasteiger partial charge on any atom is -0.769 e. The van der Waals surface area contributed by atoms with E-state index in [1.807, 2.05) is 32.9 Å². The summed E-state index contributed by atoms with van der Waals surface area (Å²) in [5, 5.41) is 9.81. The van der Waals surface area contributed by atoms with Crippen molar-refractivity contribution in [3.63, 3.8) is 0 Å². The van der Waals surface area contributed by atoms with Gasteiger partial charge in [0.1, 0.15) is 5.75 Å². The van der Waals surface area contributed by atoms with Crippen molar-refractivity contribution in [2.24, 2.45) is 0 Å².